The molecule has 3 fully saturated rings. The Morgan fingerprint density at radius 1 is 1.05 bits per heavy atom. The number of carboxylic acids is 1. The molecule has 6 rings (SSSR count). The Morgan fingerprint density at radius 3 is 2.43 bits per heavy atom. The van der Waals surface area contributed by atoms with E-state index in [0.29, 0.717) is 25.8 Å². The van der Waals surface area contributed by atoms with Gasteiger partial charge in [0, 0.05) is 48.8 Å². The molecule has 2 aliphatic carbocycles. The van der Waals surface area contributed by atoms with Crippen molar-refractivity contribution in [1.29, 1.82) is 0 Å². The molecule has 2 N–H and O–H groups in total. The molecule has 7 atom stereocenters. The second-order valence-corrected chi connectivity index (χ2v) is 13.2. The summed E-state index contributed by atoms with van der Waals surface area (Å²) >= 11 is 2.99. The SMILES string of the molecule is CN(C)c1ccc([C@@H]2c3sc(=O)[nH]c3S[C@H]3[C@@H]4C[C@H]([C@H]5C(=O)N(CCCCCC(=O)O)C(=O)[C@H]45)[C@H]23)cc1. The molecule has 0 unspecified atom stereocenters. The number of amides is 2. The van der Waals surface area contributed by atoms with Crippen molar-refractivity contribution >= 4 is 46.6 Å². The van der Waals surface area contributed by atoms with Crippen LogP contribution in [0.2, 0.25) is 0 Å². The number of fused-ring (bicyclic) bond motifs is 9. The number of rotatable bonds is 8. The number of benzene rings is 1. The first kappa shape index (κ1) is 24.7. The standard InChI is InChI=1S/C27H31N3O5S2/c1-29(2)14-9-7-13(8-10-14)18-19-15-12-16(22(19)36-24-23(18)37-27(35)28-24)21-20(15)25(33)30(26(21)34)11-5-3-4-6-17(31)32/h7-10,15-16,18-22H,3-6,11-12H2,1-2H3,(H,28,35)(H,31,32)/t15-,16+,18-,19+,20+,21+,22-/m0/s1. The molecule has 37 heavy (non-hydrogen) atoms. The summed E-state index contributed by atoms with van der Waals surface area (Å²) in [5.74, 6) is -0.981. The van der Waals surface area contributed by atoms with Crippen LogP contribution >= 0.6 is 23.1 Å². The largest absolute Gasteiger partial charge is 0.481 e. The van der Waals surface area contributed by atoms with Crippen molar-refractivity contribution < 1.29 is 19.5 Å². The van der Waals surface area contributed by atoms with Gasteiger partial charge in [0.05, 0.1) is 16.9 Å². The monoisotopic (exact) mass is 541 g/mol. The number of nitrogens with zero attached hydrogens (tertiary/aromatic N) is 2. The summed E-state index contributed by atoms with van der Waals surface area (Å²) in [6.45, 7) is 0.377. The van der Waals surface area contributed by atoms with Crippen molar-refractivity contribution in [1.82, 2.24) is 9.88 Å². The fourth-order valence-corrected chi connectivity index (χ4v) is 10.3. The highest BCUT2D eigenvalue weighted by molar-refractivity contribution is 8.00. The van der Waals surface area contributed by atoms with Crippen LogP contribution in [0, 0.1) is 29.6 Å². The Bertz CT molecular complexity index is 1300. The van der Waals surface area contributed by atoms with Crippen LogP contribution in [0.3, 0.4) is 0 Å². The predicted octanol–water partition coefficient (Wildman–Crippen LogP) is 3.62. The highest BCUT2D eigenvalue weighted by Gasteiger charge is 2.69. The van der Waals surface area contributed by atoms with Crippen molar-refractivity contribution in [3.8, 4) is 0 Å². The maximum absolute atomic E-state index is 13.6. The number of carbonyl (C=O) groups is 3. The van der Waals surface area contributed by atoms with Gasteiger partial charge in [-0.15, -0.1) is 11.8 Å². The smallest absolute Gasteiger partial charge is 0.305 e. The molecule has 2 aromatic rings. The first-order valence-electron chi connectivity index (χ1n) is 13.0. The van der Waals surface area contributed by atoms with Gasteiger partial charge in [-0.3, -0.25) is 24.1 Å². The molecule has 2 amide bonds. The minimum absolute atomic E-state index is 0.0327. The maximum atomic E-state index is 13.6. The Kier molecular flexibility index (Phi) is 6.22. The van der Waals surface area contributed by atoms with Gasteiger partial charge in [-0.25, -0.2) is 0 Å². The van der Waals surface area contributed by atoms with E-state index in [1.165, 1.54) is 16.2 Å². The number of anilines is 1. The number of carboxylic acid groups (broad SMARTS) is 1. The summed E-state index contributed by atoms with van der Waals surface area (Å²) in [4.78, 5) is 57.8. The van der Waals surface area contributed by atoms with Gasteiger partial charge in [0.1, 0.15) is 0 Å². The molecule has 196 valence electrons. The van der Waals surface area contributed by atoms with E-state index >= 15 is 0 Å². The highest BCUT2D eigenvalue weighted by Crippen LogP contribution is 2.68. The molecule has 3 heterocycles. The second-order valence-electron chi connectivity index (χ2n) is 11.0. The number of hydrogen-bond donors (Lipinski definition) is 2. The molecular weight excluding hydrogens is 510 g/mol. The highest BCUT2D eigenvalue weighted by atomic mass is 32.2. The van der Waals surface area contributed by atoms with Crippen LogP contribution in [0.15, 0.2) is 34.1 Å². The van der Waals surface area contributed by atoms with Crippen LogP contribution in [-0.2, 0) is 14.4 Å². The zero-order valence-corrected chi connectivity index (χ0v) is 22.5. The summed E-state index contributed by atoms with van der Waals surface area (Å²) in [6.07, 6.45) is 2.87. The number of unbranched alkanes of at least 4 members (excludes halogenated alkanes) is 2. The molecule has 1 aromatic carbocycles. The summed E-state index contributed by atoms with van der Waals surface area (Å²) in [5.41, 5.74) is 2.27. The maximum Gasteiger partial charge on any atom is 0.305 e. The van der Waals surface area contributed by atoms with Crippen LogP contribution in [-0.4, -0.2) is 58.7 Å². The molecule has 2 saturated carbocycles. The van der Waals surface area contributed by atoms with Gasteiger partial charge in [-0.2, -0.15) is 0 Å². The Hall–Kier alpha value is -2.59. The van der Waals surface area contributed by atoms with E-state index in [2.05, 4.69) is 34.1 Å². The van der Waals surface area contributed by atoms with Crippen LogP contribution in [0.4, 0.5) is 5.69 Å². The molecule has 1 aromatic heterocycles. The van der Waals surface area contributed by atoms with Gasteiger partial charge in [-0.1, -0.05) is 29.9 Å². The quantitative estimate of drug-likeness (QED) is 0.388. The molecule has 4 aliphatic rings. The number of H-pyrrole nitrogens is 1. The first-order chi connectivity index (χ1) is 17.8. The molecule has 2 aliphatic heterocycles. The fourth-order valence-electron chi connectivity index (χ4n) is 7.37. The van der Waals surface area contributed by atoms with Gasteiger partial charge in [-0.05, 0) is 54.7 Å². The summed E-state index contributed by atoms with van der Waals surface area (Å²) in [5, 5.41) is 9.96. The minimum atomic E-state index is -0.819. The molecule has 0 radical (unpaired) electrons. The topological polar surface area (TPSA) is 111 Å². The van der Waals surface area contributed by atoms with E-state index in [1.807, 2.05) is 14.1 Å². The Labute approximate surface area is 223 Å². The normalized spacial score (nSPS) is 31.4. The van der Waals surface area contributed by atoms with Crippen molar-refractivity contribution in [2.75, 3.05) is 25.5 Å². The van der Waals surface area contributed by atoms with E-state index in [-0.39, 0.29) is 63.9 Å². The van der Waals surface area contributed by atoms with Crippen LogP contribution in [0.25, 0.3) is 0 Å². The third kappa shape index (κ3) is 3.94. The number of aromatic nitrogens is 1. The van der Waals surface area contributed by atoms with Gasteiger partial charge in [0.25, 0.3) is 0 Å². The van der Waals surface area contributed by atoms with Gasteiger partial charge < -0.3 is 15.0 Å². The van der Waals surface area contributed by atoms with Crippen LogP contribution < -0.4 is 9.77 Å². The van der Waals surface area contributed by atoms with Gasteiger partial charge in [0.15, 0.2) is 0 Å². The molecular formula is C27H31N3O5S2. The number of imide groups is 1. The lowest BCUT2D eigenvalue weighted by atomic mass is 9.68. The lowest BCUT2D eigenvalue weighted by Crippen LogP contribution is -2.42. The number of carbonyl (C=O) groups excluding carboxylic acids is 2. The number of hydrogen-bond acceptors (Lipinski definition) is 7. The lowest BCUT2D eigenvalue weighted by molar-refractivity contribution is -0.141. The fraction of sp³-hybridized carbons (Fsp3) is 0.556. The number of aromatic amines is 1. The average molecular weight is 542 g/mol. The van der Waals surface area contributed by atoms with E-state index in [1.54, 1.807) is 11.8 Å². The Balaban J connectivity index is 1.28. The summed E-state index contributed by atoms with van der Waals surface area (Å²) < 4.78 is 0. The lowest BCUT2D eigenvalue weighted by Gasteiger charge is -2.43. The average Bonchev–Trinajstić information content (AvgIpc) is 3.58. The van der Waals surface area contributed by atoms with Crippen molar-refractivity contribution in [2.24, 2.45) is 29.6 Å². The third-order valence-corrected chi connectivity index (χ3v) is 11.4. The van der Waals surface area contributed by atoms with Gasteiger partial charge >= 0.3 is 10.8 Å². The Morgan fingerprint density at radius 2 is 1.76 bits per heavy atom. The molecule has 10 heteroatoms. The first-order valence-corrected chi connectivity index (χ1v) is 14.7. The summed E-state index contributed by atoms with van der Waals surface area (Å²) in [6, 6.07) is 8.51. The summed E-state index contributed by atoms with van der Waals surface area (Å²) in [7, 11) is 4.02. The minimum Gasteiger partial charge on any atom is -0.481 e. The van der Waals surface area contributed by atoms with E-state index in [9.17, 15) is 19.2 Å². The number of nitrogens with one attached hydrogen (secondary N) is 1. The molecule has 1 saturated heterocycles. The zero-order valence-electron chi connectivity index (χ0n) is 20.9. The van der Waals surface area contributed by atoms with Crippen LogP contribution in [0.5, 0.6) is 0 Å². The number of likely N-dealkylation sites (tertiary alicyclic amines) is 1. The molecule has 2 bridgehead atoms. The van der Waals surface area contributed by atoms with Crippen molar-refractivity contribution in [3.63, 3.8) is 0 Å². The number of thioether (sulfide) groups is 1. The predicted molar refractivity (Wildman–Crippen MR) is 142 cm³/mol. The number of aliphatic carboxylic acids is 1. The van der Waals surface area contributed by atoms with E-state index < -0.39 is 5.97 Å². The zero-order chi connectivity index (χ0) is 26.0. The van der Waals surface area contributed by atoms with Crippen LogP contribution in [0.1, 0.15) is 48.5 Å². The van der Waals surface area contributed by atoms with Crippen molar-refractivity contribution in [3.05, 3.63) is 44.4 Å². The third-order valence-electron chi connectivity index (χ3n) is 8.86. The molecule has 8 nitrogen and oxygen atoms in total. The van der Waals surface area contributed by atoms with E-state index in [4.69, 9.17) is 5.11 Å². The van der Waals surface area contributed by atoms with Gasteiger partial charge in [0.2, 0.25) is 11.8 Å². The van der Waals surface area contributed by atoms with Crippen molar-refractivity contribution in [2.45, 2.75) is 48.3 Å². The van der Waals surface area contributed by atoms with E-state index in [0.717, 1.165) is 27.6 Å². The second kappa shape index (κ2) is 9.31. The molecule has 0 spiro atoms. The number of thiazole rings is 1.